The molecule has 1 aliphatic rings. The fourth-order valence-electron chi connectivity index (χ4n) is 3.11. The molecular weight excluding hydrogens is 340 g/mol. The Kier molecular flexibility index (Phi) is 7.05. The third-order valence-corrected chi connectivity index (χ3v) is 4.49. The van der Waals surface area contributed by atoms with Crippen molar-refractivity contribution in [3.05, 3.63) is 59.0 Å². The van der Waals surface area contributed by atoms with Gasteiger partial charge >= 0.3 is 0 Å². The van der Waals surface area contributed by atoms with Crippen LogP contribution in [0.15, 0.2) is 41.0 Å². The second kappa shape index (κ2) is 9.04. The lowest BCUT2D eigenvalue weighted by atomic mass is 9.89. The number of halogens is 1. The second-order valence-electron chi connectivity index (χ2n) is 6.32. The van der Waals surface area contributed by atoms with Gasteiger partial charge in [0.1, 0.15) is 12.0 Å². The smallest absolute Gasteiger partial charge is 0.254 e. The molecule has 2 heterocycles. The minimum atomic E-state index is -0.133. The summed E-state index contributed by atoms with van der Waals surface area (Å²) >= 11 is 0. The van der Waals surface area contributed by atoms with E-state index in [4.69, 9.17) is 14.9 Å². The number of hydrogen-bond acceptors (Lipinski definition) is 4. The van der Waals surface area contributed by atoms with E-state index in [0.717, 1.165) is 19.4 Å². The molecule has 1 fully saturated rings. The van der Waals surface area contributed by atoms with Crippen LogP contribution in [0.4, 0.5) is 0 Å². The summed E-state index contributed by atoms with van der Waals surface area (Å²) in [5, 5.41) is 3.00. The molecule has 2 aromatic rings. The van der Waals surface area contributed by atoms with Gasteiger partial charge in [-0.25, -0.2) is 0 Å². The van der Waals surface area contributed by atoms with E-state index in [1.165, 1.54) is 17.4 Å². The molecule has 1 aromatic carbocycles. The molecule has 0 spiro atoms. The van der Waals surface area contributed by atoms with Crippen molar-refractivity contribution in [3.8, 4) is 0 Å². The molecule has 2 unspecified atom stereocenters. The fraction of sp³-hybridized carbons (Fsp3) is 0.421. The number of furan rings is 1. The lowest BCUT2D eigenvalue weighted by Crippen LogP contribution is -2.35. The van der Waals surface area contributed by atoms with Crippen molar-refractivity contribution in [1.29, 1.82) is 0 Å². The highest BCUT2D eigenvalue weighted by atomic mass is 35.5. The number of amides is 1. The number of rotatable bonds is 5. The molecule has 25 heavy (non-hydrogen) atoms. The van der Waals surface area contributed by atoms with Crippen LogP contribution < -0.4 is 11.1 Å². The molecule has 0 saturated carbocycles. The SMILES string of the molecule is Cc1ccc(C2OCCCC2CNC(=O)c2coc(CN)c2)cc1.Cl. The average molecular weight is 365 g/mol. The second-order valence-corrected chi connectivity index (χ2v) is 6.32. The number of nitrogens with two attached hydrogens (primary N) is 1. The van der Waals surface area contributed by atoms with Gasteiger partial charge in [-0.1, -0.05) is 29.8 Å². The van der Waals surface area contributed by atoms with E-state index in [0.29, 0.717) is 24.4 Å². The molecule has 1 aromatic heterocycles. The minimum absolute atomic E-state index is 0. The largest absolute Gasteiger partial charge is 0.467 e. The van der Waals surface area contributed by atoms with Crippen LogP contribution in [-0.4, -0.2) is 19.1 Å². The average Bonchev–Trinajstić information content (AvgIpc) is 3.10. The molecule has 1 saturated heterocycles. The van der Waals surface area contributed by atoms with Gasteiger partial charge in [0.15, 0.2) is 0 Å². The van der Waals surface area contributed by atoms with Gasteiger partial charge in [0.2, 0.25) is 0 Å². The van der Waals surface area contributed by atoms with E-state index < -0.39 is 0 Å². The van der Waals surface area contributed by atoms with Gasteiger partial charge in [0, 0.05) is 19.1 Å². The molecule has 0 radical (unpaired) electrons. The van der Waals surface area contributed by atoms with Crippen LogP contribution in [0.2, 0.25) is 0 Å². The number of aryl methyl sites for hydroxylation is 1. The number of carbonyl (C=O) groups excluding carboxylic acids is 1. The standard InChI is InChI=1S/C19H24N2O3.ClH/c1-13-4-6-14(7-5-13)18-15(3-2-8-23-18)11-21-19(22)16-9-17(10-20)24-12-16;/h4-7,9,12,15,18H,2-3,8,10-11,20H2,1H3,(H,21,22);1H. The summed E-state index contributed by atoms with van der Waals surface area (Å²) in [5.74, 6) is 0.747. The number of carbonyl (C=O) groups is 1. The first kappa shape index (κ1) is 19.5. The highest BCUT2D eigenvalue weighted by Crippen LogP contribution is 2.33. The predicted molar refractivity (Wildman–Crippen MR) is 98.8 cm³/mol. The van der Waals surface area contributed by atoms with Gasteiger partial charge in [0.05, 0.1) is 18.2 Å². The van der Waals surface area contributed by atoms with Crippen molar-refractivity contribution in [2.75, 3.05) is 13.2 Å². The molecule has 5 nitrogen and oxygen atoms in total. The van der Waals surface area contributed by atoms with E-state index in [1.54, 1.807) is 6.07 Å². The lowest BCUT2D eigenvalue weighted by Gasteiger charge is -2.32. The molecule has 3 rings (SSSR count). The first-order valence-corrected chi connectivity index (χ1v) is 8.41. The van der Waals surface area contributed by atoms with Crippen molar-refractivity contribution >= 4 is 18.3 Å². The van der Waals surface area contributed by atoms with Crippen LogP contribution in [0.3, 0.4) is 0 Å². The van der Waals surface area contributed by atoms with Crippen molar-refractivity contribution in [1.82, 2.24) is 5.32 Å². The Morgan fingerprint density at radius 3 is 2.76 bits per heavy atom. The van der Waals surface area contributed by atoms with Gasteiger partial charge < -0.3 is 20.2 Å². The van der Waals surface area contributed by atoms with Crippen LogP contribution in [-0.2, 0) is 11.3 Å². The van der Waals surface area contributed by atoms with Gasteiger partial charge in [-0.2, -0.15) is 0 Å². The normalized spacial score (nSPS) is 19.9. The highest BCUT2D eigenvalue weighted by molar-refractivity contribution is 5.93. The lowest BCUT2D eigenvalue weighted by molar-refractivity contribution is -0.0272. The van der Waals surface area contributed by atoms with Gasteiger partial charge in [0.25, 0.3) is 5.91 Å². The summed E-state index contributed by atoms with van der Waals surface area (Å²) in [6, 6.07) is 10.1. The Morgan fingerprint density at radius 2 is 2.08 bits per heavy atom. The van der Waals surface area contributed by atoms with Crippen LogP contribution in [0.25, 0.3) is 0 Å². The molecular formula is C19H25ClN2O3. The predicted octanol–water partition coefficient (Wildman–Crippen LogP) is 3.37. The van der Waals surface area contributed by atoms with Crippen LogP contribution >= 0.6 is 12.4 Å². The van der Waals surface area contributed by atoms with Crippen molar-refractivity contribution in [2.45, 2.75) is 32.4 Å². The monoisotopic (exact) mass is 364 g/mol. The zero-order valence-corrected chi connectivity index (χ0v) is 15.2. The van der Waals surface area contributed by atoms with Crippen molar-refractivity contribution in [3.63, 3.8) is 0 Å². The molecule has 0 bridgehead atoms. The molecule has 2 atom stereocenters. The Labute approximate surface area is 154 Å². The van der Waals surface area contributed by atoms with Gasteiger partial charge in [-0.3, -0.25) is 4.79 Å². The van der Waals surface area contributed by atoms with E-state index in [9.17, 15) is 4.79 Å². The topological polar surface area (TPSA) is 77.5 Å². The maximum absolute atomic E-state index is 12.3. The van der Waals surface area contributed by atoms with Crippen molar-refractivity contribution < 1.29 is 13.9 Å². The Bertz CT molecular complexity index is 684. The third-order valence-electron chi connectivity index (χ3n) is 4.49. The summed E-state index contributed by atoms with van der Waals surface area (Å²) in [6.07, 6.45) is 3.54. The maximum Gasteiger partial charge on any atom is 0.254 e. The van der Waals surface area contributed by atoms with Crippen LogP contribution in [0.5, 0.6) is 0 Å². The fourth-order valence-corrected chi connectivity index (χ4v) is 3.11. The molecule has 3 N–H and O–H groups in total. The maximum atomic E-state index is 12.3. The molecule has 1 amide bonds. The van der Waals surface area contributed by atoms with E-state index in [-0.39, 0.29) is 30.3 Å². The summed E-state index contributed by atoms with van der Waals surface area (Å²) in [5.41, 5.74) is 8.42. The minimum Gasteiger partial charge on any atom is -0.467 e. The summed E-state index contributed by atoms with van der Waals surface area (Å²) in [7, 11) is 0. The number of hydrogen-bond donors (Lipinski definition) is 2. The Balaban J connectivity index is 0.00000225. The zero-order chi connectivity index (χ0) is 16.9. The van der Waals surface area contributed by atoms with Crippen LogP contribution in [0, 0.1) is 12.8 Å². The summed E-state index contributed by atoms with van der Waals surface area (Å²) < 4.78 is 11.2. The van der Waals surface area contributed by atoms with E-state index in [2.05, 4.69) is 36.5 Å². The van der Waals surface area contributed by atoms with E-state index >= 15 is 0 Å². The first-order valence-electron chi connectivity index (χ1n) is 8.41. The molecule has 1 aliphatic heterocycles. The molecule has 136 valence electrons. The van der Waals surface area contributed by atoms with Gasteiger partial charge in [-0.05, 0) is 31.4 Å². The van der Waals surface area contributed by atoms with E-state index in [1.807, 2.05) is 0 Å². The Hall–Kier alpha value is -1.82. The number of nitrogens with one attached hydrogen (secondary N) is 1. The molecule has 0 aliphatic carbocycles. The summed E-state index contributed by atoms with van der Waals surface area (Å²) in [6.45, 7) is 3.72. The molecule has 6 heteroatoms. The summed E-state index contributed by atoms with van der Waals surface area (Å²) in [4.78, 5) is 12.3. The first-order chi connectivity index (χ1) is 11.7. The zero-order valence-electron chi connectivity index (χ0n) is 14.4. The number of ether oxygens (including phenoxy) is 1. The van der Waals surface area contributed by atoms with Crippen LogP contribution in [0.1, 0.15) is 46.2 Å². The number of benzene rings is 1. The van der Waals surface area contributed by atoms with Gasteiger partial charge in [-0.15, -0.1) is 12.4 Å². The third kappa shape index (κ3) is 4.84. The van der Waals surface area contributed by atoms with Crippen molar-refractivity contribution in [2.24, 2.45) is 11.7 Å². The Morgan fingerprint density at radius 1 is 1.32 bits per heavy atom. The quantitative estimate of drug-likeness (QED) is 0.852. The highest BCUT2D eigenvalue weighted by Gasteiger charge is 2.28.